The largest absolute Gasteiger partial charge is 0.339 e. The van der Waals surface area contributed by atoms with Crippen LogP contribution in [0.5, 0.6) is 0 Å². The normalized spacial score (nSPS) is 15.0. The number of piperazine rings is 1. The number of amides is 1. The Hall–Kier alpha value is -3.00. The minimum Gasteiger partial charge on any atom is -0.339 e. The first-order valence-electron chi connectivity index (χ1n) is 12.3. The van der Waals surface area contributed by atoms with Crippen molar-refractivity contribution in [3.63, 3.8) is 0 Å². The van der Waals surface area contributed by atoms with Crippen LogP contribution in [0.1, 0.15) is 33.9 Å². The van der Waals surface area contributed by atoms with Gasteiger partial charge in [0.2, 0.25) is 15.9 Å². The predicted molar refractivity (Wildman–Crippen MR) is 143 cm³/mol. The lowest BCUT2D eigenvalue weighted by Crippen LogP contribution is -2.52. The van der Waals surface area contributed by atoms with Crippen LogP contribution in [0.15, 0.2) is 77.7 Å². The number of carbonyl (C=O) groups excluding carboxylic acids is 1. The lowest BCUT2D eigenvalue weighted by Gasteiger charge is -2.40. The van der Waals surface area contributed by atoms with E-state index in [-0.39, 0.29) is 18.5 Å². The predicted octanol–water partition coefficient (Wildman–Crippen LogP) is 4.17. The number of benzene rings is 3. The molecule has 0 unspecified atom stereocenters. The highest BCUT2D eigenvalue weighted by Crippen LogP contribution is 2.30. The van der Waals surface area contributed by atoms with Gasteiger partial charge in [-0.05, 0) is 43.0 Å². The zero-order valence-electron chi connectivity index (χ0n) is 21.5. The Bertz CT molecular complexity index is 1240. The Balaban J connectivity index is 1.44. The summed E-state index contributed by atoms with van der Waals surface area (Å²) in [6, 6.07) is 24.7. The summed E-state index contributed by atoms with van der Waals surface area (Å²) in [5.74, 6) is -0.167. The van der Waals surface area contributed by atoms with Crippen molar-refractivity contribution < 1.29 is 13.2 Å². The van der Waals surface area contributed by atoms with E-state index >= 15 is 0 Å². The number of nitrogens with zero attached hydrogens (tertiary/aromatic N) is 3. The monoisotopic (exact) mass is 505 g/mol. The van der Waals surface area contributed by atoms with E-state index < -0.39 is 10.0 Å². The van der Waals surface area contributed by atoms with E-state index in [1.807, 2.05) is 31.2 Å². The molecular weight excluding hydrogens is 470 g/mol. The standard InChI is InChI=1S/C29H35N3O3S/c1-22-19-23(2)29(24(3)20-22)36(34,35)30(4)21-27(33)31-15-17-32(18-16-31)28(25-11-7-5-8-12-25)26-13-9-6-10-14-26/h5-14,19-20,28H,15-18,21H2,1-4H3. The van der Waals surface area contributed by atoms with Crippen LogP contribution >= 0.6 is 0 Å². The molecule has 0 bridgehead atoms. The molecule has 0 radical (unpaired) electrons. The third-order valence-electron chi connectivity index (χ3n) is 6.89. The molecule has 1 aliphatic rings. The van der Waals surface area contributed by atoms with E-state index in [2.05, 4.69) is 53.4 Å². The van der Waals surface area contributed by atoms with E-state index in [4.69, 9.17) is 0 Å². The van der Waals surface area contributed by atoms with Crippen molar-refractivity contribution in [2.45, 2.75) is 31.7 Å². The van der Waals surface area contributed by atoms with Gasteiger partial charge >= 0.3 is 0 Å². The molecule has 1 aliphatic heterocycles. The van der Waals surface area contributed by atoms with Crippen molar-refractivity contribution in [2.24, 2.45) is 0 Å². The molecule has 0 N–H and O–H groups in total. The Morgan fingerprint density at radius 1 is 0.833 bits per heavy atom. The molecule has 6 nitrogen and oxygen atoms in total. The van der Waals surface area contributed by atoms with Crippen molar-refractivity contribution in [1.82, 2.24) is 14.1 Å². The van der Waals surface area contributed by atoms with E-state index in [1.54, 1.807) is 18.7 Å². The quantitative estimate of drug-likeness (QED) is 0.484. The van der Waals surface area contributed by atoms with Crippen molar-refractivity contribution in [3.05, 3.63) is 101 Å². The van der Waals surface area contributed by atoms with Crippen molar-refractivity contribution in [3.8, 4) is 0 Å². The van der Waals surface area contributed by atoms with Crippen LogP contribution in [-0.4, -0.2) is 68.2 Å². The number of rotatable bonds is 7. The van der Waals surface area contributed by atoms with Gasteiger partial charge in [-0.3, -0.25) is 9.69 Å². The molecule has 0 saturated carbocycles. The third-order valence-corrected chi connectivity index (χ3v) is 9.00. The lowest BCUT2D eigenvalue weighted by molar-refractivity contribution is -0.133. The molecule has 3 aromatic rings. The highest BCUT2D eigenvalue weighted by atomic mass is 32.2. The van der Waals surface area contributed by atoms with E-state index in [0.717, 1.165) is 5.56 Å². The number of hydrogen-bond acceptors (Lipinski definition) is 4. The third kappa shape index (κ3) is 5.53. The molecule has 3 aromatic carbocycles. The van der Waals surface area contributed by atoms with Gasteiger partial charge < -0.3 is 4.90 Å². The summed E-state index contributed by atoms with van der Waals surface area (Å²) >= 11 is 0. The van der Waals surface area contributed by atoms with Gasteiger partial charge in [0.1, 0.15) is 0 Å². The number of aryl methyl sites for hydroxylation is 3. The van der Waals surface area contributed by atoms with Crippen LogP contribution in [0.3, 0.4) is 0 Å². The number of hydrogen-bond donors (Lipinski definition) is 0. The minimum atomic E-state index is -3.77. The van der Waals surface area contributed by atoms with Crippen molar-refractivity contribution in [2.75, 3.05) is 39.8 Å². The number of sulfonamides is 1. The Morgan fingerprint density at radius 2 is 1.31 bits per heavy atom. The second-order valence-corrected chi connectivity index (χ2v) is 11.6. The maximum atomic E-state index is 13.3. The van der Waals surface area contributed by atoms with E-state index in [1.165, 1.54) is 22.5 Å². The topological polar surface area (TPSA) is 60.9 Å². The maximum Gasteiger partial charge on any atom is 0.243 e. The fraction of sp³-hybridized carbons (Fsp3) is 0.345. The van der Waals surface area contributed by atoms with Crippen LogP contribution in [-0.2, 0) is 14.8 Å². The SMILES string of the molecule is Cc1cc(C)c(S(=O)(=O)N(C)CC(=O)N2CCN(C(c3ccccc3)c3ccccc3)CC2)c(C)c1. The Kier molecular flexibility index (Phi) is 7.93. The highest BCUT2D eigenvalue weighted by molar-refractivity contribution is 7.89. The van der Waals surface area contributed by atoms with Gasteiger partial charge in [0.25, 0.3) is 0 Å². The summed E-state index contributed by atoms with van der Waals surface area (Å²) in [5.41, 5.74) is 4.86. The molecule has 1 heterocycles. The lowest BCUT2D eigenvalue weighted by atomic mass is 9.96. The molecule has 1 fully saturated rings. The maximum absolute atomic E-state index is 13.3. The molecule has 0 spiro atoms. The van der Waals surface area contributed by atoms with Crippen molar-refractivity contribution >= 4 is 15.9 Å². The molecule has 1 saturated heterocycles. The smallest absolute Gasteiger partial charge is 0.243 e. The fourth-order valence-corrected chi connectivity index (χ4v) is 6.74. The molecule has 0 aromatic heterocycles. The number of carbonyl (C=O) groups is 1. The van der Waals surface area contributed by atoms with Crippen LogP contribution in [0, 0.1) is 20.8 Å². The zero-order valence-corrected chi connectivity index (χ0v) is 22.3. The first-order valence-corrected chi connectivity index (χ1v) is 13.8. The van der Waals surface area contributed by atoms with Crippen molar-refractivity contribution in [1.29, 1.82) is 0 Å². The molecule has 4 rings (SSSR count). The minimum absolute atomic E-state index is 0.111. The summed E-state index contributed by atoms with van der Waals surface area (Å²) in [6.07, 6.45) is 0. The zero-order chi connectivity index (χ0) is 25.9. The van der Waals surface area contributed by atoms with Gasteiger partial charge in [-0.25, -0.2) is 8.42 Å². The average Bonchev–Trinajstić information content (AvgIpc) is 2.85. The second kappa shape index (κ2) is 10.9. The molecule has 190 valence electrons. The molecule has 7 heteroatoms. The summed E-state index contributed by atoms with van der Waals surface area (Å²) in [5, 5.41) is 0. The molecule has 0 atom stereocenters. The van der Waals surface area contributed by atoms with Crippen LogP contribution < -0.4 is 0 Å². The van der Waals surface area contributed by atoms with Crippen LogP contribution in [0.2, 0.25) is 0 Å². The Labute approximate surface area is 215 Å². The summed E-state index contributed by atoms with van der Waals surface area (Å²) in [4.78, 5) is 17.6. The van der Waals surface area contributed by atoms with Gasteiger partial charge in [0.15, 0.2) is 0 Å². The Morgan fingerprint density at radius 3 is 1.78 bits per heavy atom. The second-order valence-electron chi connectivity index (χ2n) is 9.63. The van der Waals surface area contributed by atoms with E-state index in [0.29, 0.717) is 42.2 Å². The summed E-state index contributed by atoms with van der Waals surface area (Å²) in [7, 11) is -2.28. The van der Waals surface area contributed by atoms with Crippen LogP contribution in [0.25, 0.3) is 0 Å². The molecule has 36 heavy (non-hydrogen) atoms. The average molecular weight is 506 g/mol. The summed E-state index contributed by atoms with van der Waals surface area (Å²) < 4.78 is 27.8. The molecule has 0 aliphatic carbocycles. The van der Waals surface area contributed by atoms with Gasteiger partial charge in [-0.15, -0.1) is 0 Å². The van der Waals surface area contributed by atoms with E-state index in [9.17, 15) is 13.2 Å². The first-order chi connectivity index (χ1) is 17.2. The highest BCUT2D eigenvalue weighted by Gasteiger charge is 2.31. The van der Waals surface area contributed by atoms with Crippen LogP contribution in [0.4, 0.5) is 0 Å². The fourth-order valence-electron chi connectivity index (χ4n) is 5.22. The molecule has 1 amide bonds. The first kappa shape index (κ1) is 26.1. The summed E-state index contributed by atoms with van der Waals surface area (Å²) in [6.45, 7) is 7.94. The van der Waals surface area contributed by atoms with Gasteiger partial charge in [0, 0.05) is 33.2 Å². The molecular formula is C29H35N3O3S. The number of likely N-dealkylation sites (N-methyl/N-ethyl adjacent to an activating group) is 1. The van der Waals surface area contributed by atoms with Gasteiger partial charge in [0.05, 0.1) is 17.5 Å². The van der Waals surface area contributed by atoms with Gasteiger partial charge in [-0.1, -0.05) is 78.4 Å². The van der Waals surface area contributed by atoms with Gasteiger partial charge in [-0.2, -0.15) is 4.31 Å².